The van der Waals surface area contributed by atoms with Crippen molar-refractivity contribution in [1.82, 2.24) is 10.6 Å². The van der Waals surface area contributed by atoms with Crippen LogP contribution in [0.3, 0.4) is 0 Å². The lowest BCUT2D eigenvalue weighted by Gasteiger charge is -2.18. The average Bonchev–Trinajstić information content (AvgIpc) is 2.41. The van der Waals surface area contributed by atoms with Gasteiger partial charge in [0, 0.05) is 0 Å². The predicted molar refractivity (Wildman–Crippen MR) is 59.3 cm³/mol. The summed E-state index contributed by atoms with van der Waals surface area (Å²) in [5, 5.41) is 6.18. The van der Waals surface area contributed by atoms with Gasteiger partial charge in [-0.1, -0.05) is 30.3 Å². The van der Waals surface area contributed by atoms with Crippen LogP contribution in [0.2, 0.25) is 0 Å². The van der Waals surface area contributed by atoms with E-state index >= 15 is 0 Å². The molecule has 1 aromatic rings. The van der Waals surface area contributed by atoms with Crippen LogP contribution in [0.5, 0.6) is 0 Å². The molecule has 0 unspecified atom stereocenters. The van der Waals surface area contributed by atoms with Gasteiger partial charge in [-0.3, -0.25) is 10.1 Å². The Labute approximate surface area is 89.9 Å². The predicted octanol–water partition coefficient (Wildman–Crippen LogP) is 1.05. The first-order valence-corrected chi connectivity index (χ1v) is 5.20. The molecule has 1 heterocycles. The molecule has 1 saturated heterocycles. The Hall–Kier alpha value is -1.35. The summed E-state index contributed by atoms with van der Waals surface area (Å²) in [6.07, 6.45) is 0.746. The van der Waals surface area contributed by atoms with Crippen molar-refractivity contribution in [2.24, 2.45) is 0 Å². The smallest absolute Gasteiger partial charge is 0.238 e. The van der Waals surface area contributed by atoms with Gasteiger partial charge in [-0.2, -0.15) is 0 Å². The third kappa shape index (κ3) is 2.36. The van der Waals surface area contributed by atoms with Gasteiger partial charge >= 0.3 is 0 Å². The summed E-state index contributed by atoms with van der Waals surface area (Å²) in [5.74, 6) is 0.0869. The Kier molecular flexibility index (Phi) is 2.49. The van der Waals surface area contributed by atoms with E-state index in [1.165, 1.54) is 5.56 Å². The molecule has 0 aromatic heterocycles. The van der Waals surface area contributed by atoms with Crippen LogP contribution >= 0.6 is 0 Å². The van der Waals surface area contributed by atoms with E-state index in [1.807, 2.05) is 44.2 Å². The maximum Gasteiger partial charge on any atom is 0.238 e. The topological polar surface area (TPSA) is 41.1 Å². The second kappa shape index (κ2) is 3.66. The molecule has 2 N–H and O–H groups in total. The Morgan fingerprint density at radius 2 is 1.93 bits per heavy atom. The number of carbonyl (C=O) groups excluding carboxylic acids is 1. The van der Waals surface area contributed by atoms with Crippen molar-refractivity contribution in [3.05, 3.63) is 35.9 Å². The van der Waals surface area contributed by atoms with E-state index in [2.05, 4.69) is 10.6 Å². The van der Waals surface area contributed by atoms with Crippen LogP contribution < -0.4 is 10.6 Å². The lowest BCUT2D eigenvalue weighted by Crippen LogP contribution is -2.44. The Morgan fingerprint density at radius 1 is 1.27 bits per heavy atom. The minimum absolute atomic E-state index is 0.0869. The second-order valence-electron chi connectivity index (χ2n) is 4.50. The van der Waals surface area contributed by atoms with Crippen LogP contribution in [-0.2, 0) is 11.2 Å². The van der Waals surface area contributed by atoms with E-state index in [0.29, 0.717) is 0 Å². The molecule has 15 heavy (non-hydrogen) atoms. The highest BCUT2D eigenvalue weighted by molar-refractivity contribution is 5.85. The monoisotopic (exact) mass is 204 g/mol. The molecule has 0 saturated carbocycles. The molecular weight excluding hydrogens is 188 g/mol. The van der Waals surface area contributed by atoms with E-state index in [9.17, 15) is 4.79 Å². The summed E-state index contributed by atoms with van der Waals surface area (Å²) in [4.78, 5) is 11.6. The number of nitrogens with one attached hydrogen (secondary N) is 2. The van der Waals surface area contributed by atoms with Crippen LogP contribution in [0.15, 0.2) is 30.3 Å². The molecule has 2 rings (SSSR count). The van der Waals surface area contributed by atoms with Gasteiger partial charge in [0.2, 0.25) is 5.91 Å². The Balaban J connectivity index is 2.05. The maximum atomic E-state index is 11.6. The normalized spacial score (nSPS) is 23.9. The minimum atomic E-state index is -0.281. The van der Waals surface area contributed by atoms with E-state index in [1.54, 1.807) is 0 Å². The van der Waals surface area contributed by atoms with Crippen molar-refractivity contribution in [2.45, 2.75) is 32.0 Å². The maximum absolute atomic E-state index is 11.6. The molecular formula is C12H16N2O. The zero-order chi connectivity index (χ0) is 10.9. The Morgan fingerprint density at radius 3 is 2.47 bits per heavy atom. The van der Waals surface area contributed by atoms with Gasteiger partial charge in [0.1, 0.15) is 0 Å². The highest BCUT2D eigenvalue weighted by Gasteiger charge is 2.35. The quantitative estimate of drug-likeness (QED) is 0.756. The SMILES string of the molecule is CC1(C)NC(=O)[C@H](Cc2ccccc2)N1. The van der Waals surface area contributed by atoms with Gasteiger partial charge in [0.05, 0.1) is 11.7 Å². The molecule has 1 aliphatic rings. The number of benzene rings is 1. The molecule has 1 atom stereocenters. The van der Waals surface area contributed by atoms with Crippen molar-refractivity contribution in [3.63, 3.8) is 0 Å². The van der Waals surface area contributed by atoms with Crippen LogP contribution in [0.25, 0.3) is 0 Å². The third-order valence-electron chi connectivity index (χ3n) is 2.57. The molecule has 1 fully saturated rings. The fourth-order valence-corrected chi connectivity index (χ4v) is 1.93. The molecule has 80 valence electrons. The highest BCUT2D eigenvalue weighted by Crippen LogP contribution is 2.12. The van der Waals surface area contributed by atoms with E-state index in [-0.39, 0.29) is 17.6 Å². The number of rotatable bonds is 2. The third-order valence-corrected chi connectivity index (χ3v) is 2.57. The van der Waals surface area contributed by atoms with Gasteiger partial charge in [-0.05, 0) is 25.8 Å². The zero-order valence-corrected chi connectivity index (χ0v) is 9.08. The van der Waals surface area contributed by atoms with E-state index in [0.717, 1.165) is 6.42 Å². The van der Waals surface area contributed by atoms with Crippen LogP contribution in [0.4, 0.5) is 0 Å². The summed E-state index contributed by atoms with van der Waals surface area (Å²) in [7, 11) is 0. The van der Waals surface area contributed by atoms with Crippen molar-refractivity contribution < 1.29 is 4.79 Å². The fourth-order valence-electron chi connectivity index (χ4n) is 1.93. The van der Waals surface area contributed by atoms with Gasteiger partial charge < -0.3 is 5.32 Å². The number of carbonyl (C=O) groups is 1. The molecule has 0 bridgehead atoms. The van der Waals surface area contributed by atoms with Gasteiger partial charge in [0.25, 0.3) is 0 Å². The van der Waals surface area contributed by atoms with Crippen molar-refractivity contribution in [2.75, 3.05) is 0 Å². The summed E-state index contributed by atoms with van der Waals surface area (Å²) < 4.78 is 0. The molecule has 1 aromatic carbocycles. The van der Waals surface area contributed by atoms with Gasteiger partial charge in [0.15, 0.2) is 0 Å². The summed E-state index contributed by atoms with van der Waals surface area (Å²) >= 11 is 0. The molecule has 1 amide bonds. The van der Waals surface area contributed by atoms with Gasteiger partial charge in [-0.25, -0.2) is 0 Å². The lowest BCUT2D eigenvalue weighted by atomic mass is 10.1. The number of amides is 1. The molecule has 3 heteroatoms. The lowest BCUT2D eigenvalue weighted by molar-refractivity contribution is -0.120. The van der Waals surface area contributed by atoms with Crippen LogP contribution in [0, 0.1) is 0 Å². The number of hydrogen-bond acceptors (Lipinski definition) is 2. The second-order valence-corrected chi connectivity index (χ2v) is 4.50. The summed E-state index contributed by atoms with van der Waals surface area (Å²) in [6.45, 7) is 3.94. The first-order valence-electron chi connectivity index (χ1n) is 5.20. The minimum Gasteiger partial charge on any atom is -0.337 e. The molecule has 0 aliphatic carbocycles. The molecule has 0 spiro atoms. The largest absolute Gasteiger partial charge is 0.337 e. The Bertz CT molecular complexity index is 359. The van der Waals surface area contributed by atoms with Crippen molar-refractivity contribution >= 4 is 5.91 Å². The average molecular weight is 204 g/mol. The van der Waals surface area contributed by atoms with E-state index in [4.69, 9.17) is 0 Å². The zero-order valence-electron chi connectivity index (χ0n) is 9.08. The van der Waals surface area contributed by atoms with Gasteiger partial charge in [-0.15, -0.1) is 0 Å². The fraction of sp³-hybridized carbons (Fsp3) is 0.417. The molecule has 0 radical (unpaired) electrons. The summed E-state index contributed by atoms with van der Waals surface area (Å²) in [5.41, 5.74) is 0.902. The van der Waals surface area contributed by atoms with Crippen molar-refractivity contribution in [3.8, 4) is 0 Å². The first-order chi connectivity index (χ1) is 7.07. The van der Waals surface area contributed by atoms with Crippen molar-refractivity contribution in [1.29, 1.82) is 0 Å². The van der Waals surface area contributed by atoms with E-state index < -0.39 is 0 Å². The summed E-state index contributed by atoms with van der Waals surface area (Å²) in [6, 6.07) is 9.94. The highest BCUT2D eigenvalue weighted by atomic mass is 16.2. The molecule has 3 nitrogen and oxygen atoms in total. The molecule has 1 aliphatic heterocycles. The first kappa shape index (κ1) is 10.2. The van der Waals surface area contributed by atoms with Crippen LogP contribution in [-0.4, -0.2) is 17.6 Å². The standard InChI is InChI=1S/C12H16N2O/c1-12(2)13-10(11(15)14-12)8-9-6-4-3-5-7-9/h3-7,10,13H,8H2,1-2H3,(H,14,15)/t10-/m0/s1. The number of hydrogen-bond donors (Lipinski definition) is 2. The van der Waals surface area contributed by atoms with Crippen LogP contribution in [0.1, 0.15) is 19.4 Å².